The van der Waals surface area contributed by atoms with Gasteiger partial charge in [-0.1, -0.05) is 30.9 Å². The number of halogens is 1. The smallest absolute Gasteiger partial charge is 0.129 e. The fraction of sp³-hybridized carbons (Fsp3) is 0.583. The first-order chi connectivity index (χ1) is 6.77. The predicted molar refractivity (Wildman–Crippen MR) is 59.8 cm³/mol. The van der Waals surface area contributed by atoms with E-state index in [-0.39, 0.29) is 0 Å². The molecule has 0 amide bonds. The SMILES string of the molecule is Cc1cnc(Cl)cc1C1CCCCC1. The van der Waals surface area contributed by atoms with Crippen LogP contribution in [0.4, 0.5) is 0 Å². The van der Waals surface area contributed by atoms with Crippen LogP contribution in [0, 0.1) is 6.92 Å². The lowest BCUT2D eigenvalue weighted by atomic mass is 9.83. The van der Waals surface area contributed by atoms with E-state index in [2.05, 4.69) is 11.9 Å². The molecule has 1 aliphatic rings. The molecule has 1 heterocycles. The molecule has 0 bridgehead atoms. The molecule has 0 aromatic carbocycles. The van der Waals surface area contributed by atoms with Gasteiger partial charge in [-0.15, -0.1) is 0 Å². The molecule has 1 aromatic heterocycles. The molecule has 1 nitrogen and oxygen atoms in total. The zero-order valence-corrected chi connectivity index (χ0v) is 9.35. The van der Waals surface area contributed by atoms with Crippen molar-refractivity contribution < 1.29 is 0 Å². The van der Waals surface area contributed by atoms with Gasteiger partial charge in [0.1, 0.15) is 5.15 Å². The van der Waals surface area contributed by atoms with Crippen molar-refractivity contribution in [1.82, 2.24) is 4.98 Å². The molecule has 76 valence electrons. The van der Waals surface area contributed by atoms with Crippen LogP contribution in [0.1, 0.15) is 49.1 Å². The van der Waals surface area contributed by atoms with Gasteiger partial charge >= 0.3 is 0 Å². The highest BCUT2D eigenvalue weighted by molar-refractivity contribution is 6.29. The van der Waals surface area contributed by atoms with Crippen LogP contribution in [-0.2, 0) is 0 Å². The average Bonchev–Trinajstić information content (AvgIpc) is 2.23. The molecule has 2 rings (SSSR count). The zero-order valence-electron chi connectivity index (χ0n) is 8.59. The van der Waals surface area contributed by atoms with Crippen LogP contribution in [0.15, 0.2) is 12.3 Å². The van der Waals surface area contributed by atoms with Crippen molar-refractivity contribution in [1.29, 1.82) is 0 Å². The normalized spacial score (nSPS) is 18.4. The lowest BCUT2D eigenvalue weighted by molar-refractivity contribution is 0.442. The fourth-order valence-electron chi connectivity index (χ4n) is 2.37. The summed E-state index contributed by atoms with van der Waals surface area (Å²) in [4.78, 5) is 4.10. The largest absolute Gasteiger partial charge is 0.244 e. The maximum atomic E-state index is 5.92. The van der Waals surface area contributed by atoms with Crippen LogP contribution in [0.25, 0.3) is 0 Å². The summed E-state index contributed by atoms with van der Waals surface area (Å²) in [6.07, 6.45) is 8.66. The second-order valence-electron chi connectivity index (χ2n) is 4.20. The van der Waals surface area contributed by atoms with Crippen molar-refractivity contribution in [2.75, 3.05) is 0 Å². The first-order valence-corrected chi connectivity index (χ1v) is 5.77. The summed E-state index contributed by atoms with van der Waals surface area (Å²) in [7, 11) is 0. The van der Waals surface area contributed by atoms with E-state index in [1.165, 1.54) is 43.2 Å². The van der Waals surface area contributed by atoms with E-state index in [0.717, 1.165) is 5.92 Å². The maximum absolute atomic E-state index is 5.92. The van der Waals surface area contributed by atoms with Gasteiger partial charge in [0.25, 0.3) is 0 Å². The lowest BCUT2D eigenvalue weighted by Crippen LogP contribution is -2.06. The average molecular weight is 210 g/mol. The molecule has 1 saturated carbocycles. The molecule has 0 aliphatic heterocycles. The van der Waals surface area contributed by atoms with Crippen molar-refractivity contribution in [3.8, 4) is 0 Å². The summed E-state index contributed by atoms with van der Waals surface area (Å²) in [5.41, 5.74) is 2.71. The summed E-state index contributed by atoms with van der Waals surface area (Å²) in [6.45, 7) is 2.13. The minimum Gasteiger partial charge on any atom is -0.244 e. The van der Waals surface area contributed by atoms with E-state index < -0.39 is 0 Å². The van der Waals surface area contributed by atoms with Crippen LogP contribution in [0.5, 0.6) is 0 Å². The highest BCUT2D eigenvalue weighted by Crippen LogP contribution is 2.34. The molecule has 1 fully saturated rings. The Morgan fingerprint density at radius 1 is 1.29 bits per heavy atom. The monoisotopic (exact) mass is 209 g/mol. The fourth-order valence-corrected chi connectivity index (χ4v) is 2.53. The summed E-state index contributed by atoms with van der Waals surface area (Å²) in [5.74, 6) is 0.726. The summed E-state index contributed by atoms with van der Waals surface area (Å²) >= 11 is 5.92. The maximum Gasteiger partial charge on any atom is 0.129 e. The molecule has 0 unspecified atom stereocenters. The molecular formula is C12H16ClN. The number of aryl methyl sites for hydroxylation is 1. The number of hydrogen-bond acceptors (Lipinski definition) is 1. The minimum atomic E-state index is 0.635. The zero-order chi connectivity index (χ0) is 9.97. The van der Waals surface area contributed by atoms with E-state index in [9.17, 15) is 0 Å². The van der Waals surface area contributed by atoms with Gasteiger partial charge in [-0.05, 0) is 42.9 Å². The Morgan fingerprint density at radius 3 is 2.71 bits per heavy atom. The molecule has 0 radical (unpaired) electrons. The van der Waals surface area contributed by atoms with E-state index >= 15 is 0 Å². The van der Waals surface area contributed by atoms with Crippen LogP contribution in [0.2, 0.25) is 5.15 Å². The van der Waals surface area contributed by atoms with E-state index in [1.807, 2.05) is 12.3 Å². The summed E-state index contributed by atoms with van der Waals surface area (Å²) < 4.78 is 0. The molecular weight excluding hydrogens is 194 g/mol. The molecule has 0 saturated heterocycles. The molecule has 0 N–H and O–H groups in total. The van der Waals surface area contributed by atoms with Gasteiger partial charge < -0.3 is 0 Å². The Morgan fingerprint density at radius 2 is 2.00 bits per heavy atom. The van der Waals surface area contributed by atoms with Gasteiger partial charge in [0.2, 0.25) is 0 Å². The van der Waals surface area contributed by atoms with Crippen molar-refractivity contribution in [3.05, 3.63) is 28.5 Å². The van der Waals surface area contributed by atoms with Crippen LogP contribution < -0.4 is 0 Å². The quantitative estimate of drug-likeness (QED) is 0.635. The Labute approximate surface area is 90.5 Å². The summed E-state index contributed by atoms with van der Waals surface area (Å²) in [5, 5.41) is 0.635. The van der Waals surface area contributed by atoms with Gasteiger partial charge in [0.15, 0.2) is 0 Å². The molecule has 0 spiro atoms. The van der Waals surface area contributed by atoms with E-state index in [4.69, 9.17) is 11.6 Å². The lowest BCUT2D eigenvalue weighted by Gasteiger charge is -2.23. The molecule has 1 aliphatic carbocycles. The van der Waals surface area contributed by atoms with E-state index in [0.29, 0.717) is 5.15 Å². The Kier molecular flexibility index (Phi) is 3.07. The predicted octanol–water partition coefficient (Wildman–Crippen LogP) is 4.09. The first-order valence-electron chi connectivity index (χ1n) is 5.39. The first kappa shape index (κ1) is 9.97. The molecule has 2 heteroatoms. The highest BCUT2D eigenvalue weighted by Gasteiger charge is 2.17. The number of hydrogen-bond donors (Lipinski definition) is 0. The molecule has 1 aromatic rings. The number of aromatic nitrogens is 1. The van der Waals surface area contributed by atoms with Crippen LogP contribution in [0.3, 0.4) is 0 Å². The van der Waals surface area contributed by atoms with E-state index in [1.54, 1.807) is 0 Å². The number of nitrogens with zero attached hydrogens (tertiary/aromatic N) is 1. The van der Waals surface area contributed by atoms with Crippen molar-refractivity contribution in [2.24, 2.45) is 0 Å². The van der Waals surface area contributed by atoms with Gasteiger partial charge in [-0.3, -0.25) is 0 Å². The van der Waals surface area contributed by atoms with Crippen LogP contribution in [-0.4, -0.2) is 4.98 Å². The molecule has 14 heavy (non-hydrogen) atoms. The highest BCUT2D eigenvalue weighted by atomic mass is 35.5. The Hall–Kier alpha value is -0.560. The Balaban J connectivity index is 2.24. The van der Waals surface area contributed by atoms with Gasteiger partial charge in [0, 0.05) is 6.20 Å². The molecule has 0 atom stereocenters. The van der Waals surface area contributed by atoms with Crippen molar-refractivity contribution in [2.45, 2.75) is 44.9 Å². The summed E-state index contributed by atoms with van der Waals surface area (Å²) in [6, 6.07) is 2.05. The Bertz CT molecular complexity index is 316. The van der Waals surface area contributed by atoms with Crippen LogP contribution >= 0.6 is 11.6 Å². The van der Waals surface area contributed by atoms with Crippen molar-refractivity contribution in [3.63, 3.8) is 0 Å². The standard InChI is InChI=1S/C12H16ClN/c1-9-8-14-12(13)7-11(9)10-5-3-2-4-6-10/h7-8,10H,2-6H2,1H3. The second-order valence-corrected chi connectivity index (χ2v) is 4.59. The third-order valence-electron chi connectivity index (χ3n) is 3.16. The number of rotatable bonds is 1. The minimum absolute atomic E-state index is 0.635. The number of pyridine rings is 1. The van der Waals surface area contributed by atoms with Crippen molar-refractivity contribution >= 4 is 11.6 Å². The van der Waals surface area contributed by atoms with Gasteiger partial charge in [-0.2, -0.15) is 0 Å². The van der Waals surface area contributed by atoms with Gasteiger partial charge in [-0.25, -0.2) is 4.98 Å². The van der Waals surface area contributed by atoms with Gasteiger partial charge in [0.05, 0.1) is 0 Å². The third-order valence-corrected chi connectivity index (χ3v) is 3.36. The topological polar surface area (TPSA) is 12.9 Å². The third kappa shape index (κ3) is 2.09. The second kappa shape index (κ2) is 4.31.